The highest BCUT2D eigenvalue weighted by Gasteiger charge is 2.50. The van der Waals surface area contributed by atoms with Crippen LogP contribution in [0.15, 0.2) is 0 Å². The predicted octanol–water partition coefficient (Wildman–Crippen LogP) is 2.56. The predicted molar refractivity (Wildman–Crippen MR) is 83.4 cm³/mol. The van der Waals surface area contributed by atoms with Gasteiger partial charge in [0.1, 0.15) is 0 Å². The third-order valence-electron chi connectivity index (χ3n) is 6.05. The summed E-state index contributed by atoms with van der Waals surface area (Å²) in [5, 5.41) is 0. The van der Waals surface area contributed by atoms with E-state index in [1.54, 1.807) is 0 Å². The van der Waals surface area contributed by atoms with Gasteiger partial charge >= 0.3 is 0 Å². The van der Waals surface area contributed by atoms with Crippen molar-refractivity contribution in [2.75, 3.05) is 18.1 Å². The van der Waals surface area contributed by atoms with Gasteiger partial charge in [0.2, 0.25) is 0 Å². The number of hydrazine groups is 1. The highest BCUT2D eigenvalue weighted by molar-refractivity contribution is 7.99. The summed E-state index contributed by atoms with van der Waals surface area (Å²) in [5.74, 6) is 12.0. The zero-order valence-corrected chi connectivity index (χ0v) is 13.2. The summed E-state index contributed by atoms with van der Waals surface area (Å²) in [6.45, 7) is 0.950. The zero-order chi connectivity index (χ0) is 13.6. The maximum Gasteiger partial charge on any atom is 0.0783 e. The van der Waals surface area contributed by atoms with E-state index in [1.165, 1.54) is 56.5 Å². The highest BCUT2D eigenvalue weighted by atomic mass is 32.2. The lowest BCUT2D eigenvalue weighted by Crippen LogP contribution is -2.52. The molecule has 0 radical (unpaired) electrons. The molecule has 4 fully saturated rings. The van der Waals surface area contributed by atoms with Crippen molar-refractivity contribution in [2.45, 2.75) is 56.6 Å². The number of hydrogen-bond acceptors (Lipinski definition) is 4. The molecule has 114 valence electrons. The van der Waals surface area contributed by atoms with Crippen LogP contribution in [-0.4, -0.2) is 29.8 Å². The molecular formula is C16H28N2OS. The van der Waals surface area contributed by atoms with E-state index in [9.17, 15) is 0 Å². The quantitative estimate of drug-likeness (QED) is 0.605. The van der Waals surface area contributed by atoms with E-state index in [0.717, 1.165) is 30.3 Å². The summed E-state index contributed by atoms with van der Waals surface area (Å²) < 4.78 is 6.19. The van der Waals surface area contributed by atoms with Gasteiger partial charge in [-0.3, -0.25) is 11.3 Å². The first-order chi connectivity index (χ1) is 9.81. The summed E-state index contributed by atoms with van der Waals surface area (Å²) in [5.41, 5.74) is 3.45. The molecule has 4 rings (SSSR count). The van der Waals surface area contributed by atoms with E-state index < -0.39 is 0 Å². The third-order valence-corrected chi connectivity index (χ3v) is 7.27. The van der Waals surface area contributed by atoms with Crippen LogP contribution < -0.4 is 11.3 Å². The van der Waals surface area contributed by atoms with Gasteiger partial charge in [0.05, 0.1) is 5.60 Å². The monoisotopic (exact) mass is 296 g/mol. The summed E-state index contributed by atoms with van der Waals surface area (Å²) in [7, 11) is 0. The SMILES string of the molecule is NNC(C1CCOC2(CCSC2)C1)C(C1CC1)C1CC1. The van der Waals surface area contributed by atoms with Gasteiger partial charge in [-0.25, -0.2) is 0 Å². The van der Waals surface area contributed by atoms with Gasteiger partial charge in [0.15, 0.2) is 0 Å². The zero-order valence-electron chi connectivity index (χ0n) is 12.4. The lowest BCUT2D eigenvalue weighted by molar-refractivity contribution is -0.0897. The second-order valence-corrected chi connectivity index (χ2v) is 8.64. The average Bonchev–Trinajstić information content (AvgIpc) is 3.38. The van der Waals surface area contributed by atoms with Crippen LogP contribution in [0.5, 0.6) is 0 Å². The van der Waals surface area contributed by atoms with Crippen molar-refractivity contribution in [1.29, 1.82) is 0 Å². The van der Waals surface area contributed by atoms with Crippen LogP contribution in [0.1, 0.15) is 44.9 Å². The molecule has 0 bridgehead atoms. The molecule has 2 aliphatic carbocycles. The van der Waals surface area contributed by atoms with Crippen molar-refractivity contribution in [3.63, 3.8) is 0 Å². The summed E-state index contributed by atoms with van der Waals surface area (Å²) >= 11 is 2.07. The molecule has 2 saturated heterocycles. The fourth-order valence-electron chi connectivity index (χ4n) is 4.73. The van der Waals surface area contributed by atoms with Crippen LogP contribution in [-0.2, 0) is 4.74 Å². The Bertz CT molecular complexity index is 338. The maximum absolute atomic E-state index is 6.19. The van der Waals surface area contributed by atoms with Crippen LogP contribution in [0.3, 0.4) is 0 Å². The van der Waals surface area contributed by atoms with Gasteiger partial charge in [0, 0.05) is 18.4 Å². The van der Waals surface area contributed by atoms with Crippen LogP contribution in [0.2, 0.25) is 0 Å². The van der Waals surface area contributed by atoms with E-state index >= 15 is 0 Å². The molecule has 0 aromatic rings. The Hall–Kier alpha value is 0.230. The Kier molecular flexibility index (Phi) is 3.78. The lowest BCUT2D eigenvalue weighted by Gasteiger charge is -2.43. The molecule has 3 unspecified atom stereocenters. The van der Waals surface area contributed by atoms with Gasteiger partial charge in [-0.15, -0.1) is 0 Å². The first-order valence-corrected chi connectivity index (χ1v) is 9.65. The molecule has 4 heteroatoms. The fourth-order valence-corrected chi connectivity index (χ4v) is 6.11. The van der Waals surface area contributed by atoms with E-state index in [2.05, 4.69) is 17.2 Å². The van der Waals surface area contributed by atoms with E-state index in [0.29, 0.717) is 6.04 Å². The normalized spacial score (nSPS) is 39.6. The number of thioether (sulfide) groups is 1. The highest BCUT2D eigenvalue weighted by Crippen LogP contribution is 2.53. The molecule has 2 aliphatic heterocycles. The summed E-state index contributed by atoms with van der Waals surface area (Å²) in [4.78, 5) is 0. The van der Waals surface area contributed by atoms with Crippen molar-refractivity contribution < 1.29 is 4.74 Å². The Balaban J connectivity index is 1.48. The molecule has 0 amide bonds. The molecule has 20 heavy (non-hydrogen) atoms. The summed E-state index contributed by atoms with van der Waals surface area (Å²) in [6.07, 6.45) is 9.49. The van der Waals surface area contributed by atoms with E-state index in [1.807, 2.05) is 0 Å². The minimum absolute atomic E-state index is 0.195. The molecule has 3 N–H and O–H groups in total. The molecule has 0 aromatic heterocycles. The molecule has 3 nitrogen and oxygen atoms in total. The smallest absolute Gasteiger partial charge is 0.0783 e. The first kappa shape index (κ1) is 13.9. The first-order valence-electron chi connectivity index (χ1n) is 8.49. The Labute approximate surface area is 126 Å². The van der Waals surface area contributed by atoms with Gasteiger partial charge in [0.25, 0.3) is 0 Å². The van der Waals surface area contributed by atoms with E-state index in [4.69, 9.17) is 10.6 Å². The van der Waals surface area contributed by atoms with Crippen molar-refractivity contribution >= 4 is 11.8 Å². The lowest BCUT2D eigenvalue weighted by atomic mass is 9.74. The second kappa shape index (κ2) is 5.45. The van der Waals surface area contributed by atoms with Gasteiger partial charge in [-0.1, -0.05) is 0 Å². The molecule has 3 atom stereocenters. The van der Waals surface area contributed by atoms with Crippen LogP contribution in [0.4, 0.5) is 0 Å². The van der Waals surface area contributed by atoms with Crippen molar-refractivity contribution in [2.24, 2.45) is 29.5 Å². The molecule has 0 aromatic carbocycles. The standard InChI is InChI=1S/C16H28N2OS/c17-18-15(14(11-1-2-11)12-3-4-12)13-5-7-19-16(9-13)6-8-20-10-16/h11-15,18H,1-10,17H2. The van der Waals surface area contributed by atoms with Crippen LogP contribution in [0, 0.1) is 23.7 Å². The number of ether oxygens (including phenoxy) is 1. The maximum atomic E-state index is 6.19. The minimum Gasteiger partial charge on any atom is -0.374 e. The van der Waals surface area contributed by atoms with Crippen LogP contribution >= 0.6 is 11.8 Å². The van der Waals surface area contributed by atoms with Crippen molar-refractivity contribution in [1.82, 2.24) is 5.43 Å². The van der Waals surface area contributed by atoms with Gasteiger partial charge in [-0.2, -0.15) is 11.8 Å². The average molecular weight is 296 g/mol. The van der Waals surface area contributed by atoms with Crippen LogP contribution in [0.25, 0.3) is 0 Å². The summed E-state index contributed by atoms with van der Waals surface area (Å²) in [6, 6.07) is 0.543. The fraction of sp³-hybridized carbons (Fsp3) is 1.00. The topological polar surface area (TPSA) is 47.3 Å². The third kappa shape index (κ3) is 2.65. The van der Waals surface area contributed by atoms with Crippen molar-refractivity contribution in [3.05, 3.63) is 0 Å². The molecule has 4 aliphatic rings. The van der Waals surface area contributed by atoms with Crippen molar-refractivity contribution in [3.8, 4) is 0 Å². The van der Waals surface area contributed by atoms with E-state index in [-0.39, 0.29) is 5.60 Å². The number of nitrogens with two attached hydrogens (primary N) is 1. The Morgan fingerprint density at radius 1 is 1.10 bits per heavy atom. The Morgan fingerprint density at radius 2 is 1.85 bits per heavy atom. The molecule has 2 heterocycles. The number of hydrogen-bond donors (Lipinski definition) is 2. The molecule has 1 spiro atoms. The number of nitrogens with one attached hydrogen (secondary N) is 1. The molecular weight excluding hydrogens is 268 g/mol. The van der Waals surface area contributed by atoms with Gasteiger partial charge in [-0.05, 0) is 74.4 Å². The Morgan fingerprint density at radius 3 is 2.40 bits per heavy atom. The minimum atomic E-state index is 0.195. The molecule has 2 saturated carbocycles. The second-order valence-electron chi connectivity index (χ2n) is 7.53. The van der Waals surface area contributed by atoms with Gasteiger partial charge < -0.3 is 4.74 Å². The largest absolute Gasteiger partial charge is 0.374 e. The number of rotatable bonds is 5.